The highest BCUT2D eigenvalue weighted by molar-refractivity contribution is 7.98. The monoisotopic (exact) mass is 256 g/mol. The fourth-order valence-electron chi connectivity index (χ4n) is 1.10. The van der Waals surface area contributed by atoms with Crippen molar-refractivity contribution in [2.75, 3.05) is 0 Å². The fraction of sp³-hybridized carbons (Fsp3) is 0.222. The zero-order valence-electron chi connectivity index (χ0n) is 8.48. The summed E-state index contributed by atoms with van der Waals surface area (Å²) in [6, 6.07) is 3.63. The first-order valence-corrected chi connectivity index (χ1v) is 5.88. The molecule has 2 rings (SSSR count). The minimum absolute atomic E-state index is 0.211. The molecule has 2 heterocycles. The molecule has 0 amide bonds. The van der Waals surface area contributed by atoms with Gasteiger partial charge in [-0.1, -0.05) is 29.4 Å². The molecule has 0 saturated carbocycles. The molecule has 0 unspecified atom stereocenters. The number of rotatable bonds is 3. The molecule has 0 atom stereocenters. The van der Waals surface area contributed by atoms with Gasteiger partial charge in [0, 0.05) is 19.0 Å². The Balaban J connectivity index is 2.05. The predicted molar refractivity (Wildman–Crippen MR) is 62.6 cm³/mol. The van der Waals surface area contributed by atoms with Gasteiger partial charge in [0.2, 0.25) is 0 Å². The first-order valence-electron chi connectivity index (χ1n) is 4.51. The quantitative estimate of drug-likeness (QED) is 0.667. The van der Waals surface area contributed by atoms with E-state index in [4.69, 9.17) is 11.6 Å². The normalized spacial score (nSPS) is 10.6. The van der Waals surface area contributed by atoms with Crippen LogP contribution in [-0.2, 0) is 12.8 Å². The number of thioether (sulfide) groups is 1. The molecule has 0 spiro atoms. The highest BCUT2D eigenvalue weighted by Gasteiger charge is 2.04. The first kappa shape index (κ1) is 11.2. The van der Waals surface area contributed by atoms with Crippen LogP contribution < -0.4 is 5.69 Å². The Morgan fingerprint density at radius 3 is 2.94 bits per heavy atom. The molecule has 0 radical (unpaired) electrons. The minimum Gasteiger partial charge on any atom is -0.273 e. The van der Waals surface area contributed by atoms with Crippen LogP contribution in [0, 0.1) is 0 Å². The molecule has 2 aromatic heterocycles. The lowest BCUT2D eigenvalue weighted by Gasteiger charge is -2.00. The maximum absolute atomic E-state index is 11.1. The summed E-state index contributed by atoms with van der Waals surface area (Å²) in [4.78, 5) is 15.1. The Morgan fingerprint density at radius 2 is 2.38 bits per heavy atom. The molecule has 5 nitrogen and oxygen atoms in total. The maximum Gasteiger partial charge on any atom is 0.343 e. The maximum atomic E-state index is 11.1. The number of nitrogens with one attached hydrogen (secondary N) is 1. The second kappa shape index (κ2) is 4.71. The number of H-pyrrole nitrogens is 1. The molecular weight excluding hydrogens is 248 g/mol. The molecule has 7 heteroatoms. The summed E-state index contributed by atoms with van der Waals surface area (Å²) in [6.45, 7) is 0. The van der Waals surface area contributed by atoms with E-state index in [2.05, 4.69) is 15.2 Å². The van der Waals surface area contributed by atoms with Crippen molar-refractivity contribution in [2.24, 2.45) is 7.05 Å². The zero-order valence-corrected chi connectivity index (χ0v) is 10.0. The van der Waals surface area contributed by atoms with Crippen molar-refractivity contribution in [3.63, 3.8) is 0 Å². The van der Waals surface area contributed by atoms with Gasteiger partial charge in [0.15, 0.2) is 5.16 Å². The van der Waals surface area contributed by atoms with Gasteiger partial charge in [-0.2, -0.15) is 0 Å². The average Bonchev–Trinajstić information content (AvgIpc) is 2.60. The predicted octanol–water partition coefficient (Wildman–Crippen LogP) is 1.45. The van der Waals surface area contributed by atoms with Gasteiger partial charge in [0.25, 0.3) is 0 Å². The van der Waals surface area contributed by atoms with E-state index in [1.165, 1.54) is 16.3 Å². The Kier molecular flexibility index (Phi) is 3.31. The summed E-state index contributed by atoms with van der Waals surface area (Å²) in [6.07, 6.45) is 1.71. The lowest BCUT2D eigenvalue weighted by atomic mass is 10.3. The van der Waals surface area contributed by atoms with Crippen LogP contribution >= 0.6 is 23.4 Å². The van der Waals surface area contributed by atoms with E-state index >= 15 is 0 Å². The van der Waals surface area contributed by atoms with E-state index in [1.54, 1.807) is 19.3 Å². The van der Waals surface area contributed by atoms with E-state index in [-0.39, 0.29) is 5.69 Å². The van der Waals surface area contributed by atoms with Gasteiger partial charge in [-0.25, -0.2) is 14.9 Å². The van der Waals surface area contributed by atoms with Crippen molar-refractivity contribution >= 4 is 23.4 Å². The second-order valence-electron chi connectivity index (χ2n) is 3.15. The van der Waals surface area contributed by atoms with Gasteiger partial charge in [-0.3, -0.25) is 4.57 Å². The van der Waals surface area contributed by atoms with Crippen LogP contribution in [0.15, 0.2) is 28.3 Å². The topological polar surface area (TPSA) is 63.6 Å². The zero-order chi connectivity index (χ0) is 11.5. The number of nitrogens with zero attached hydrogens (tertiary/aromatic N) is 3. The van der Waals surface area contributed by atoms with Crippen LogP contribution in [0.1, 0.15) is 5.56 Å². The summed E-state index contributed by atoms with van der Waals surface area (Å²) < 4.78 is 1.47. The van der Waals surface area contributed by atoms with E-state index in [9.17, 15) is 4.79 Å². The van der Waals surface area contributed by atoms with Gasteiger partial charge >= 0.3 is 5.69 Å². The van der Waals surface area contributed by atoms with Crippen LogP contribution in [-0.4, -0.2) is 19.7 Å². The van der Waals surface area contributed by atoms with Crippen molar-refractivity contribution < 1.29 is 0 Å². The van der Waals surface area contributed by atoms with Crippen LogP contribution in [0.4, 0.5) is 0 Å². The number of pyridine rings is 1. The fourth-order valence-corrected chi connectivity index (χ4v) is 2.07. The lowest BCUT2D eigenvalue weighted by molar-refractivity contribution is 0.765. The summed E-state index contributed by atoms with van der Waals surface area (Å²) in [5, 5.41) is 7.40. The van der Waals surface area contributed by atoms with Gasteiger partial charge in [-0.05, 0) is 11.6 Å². The summed E-state index contributed by atoms with van der Waals surface area (Å²) in [7, 11) is 1.67. The molecule has 16 heavy (non-hydrogen) atoms. The van der Waals surface area contributed by atoms with Crippen LogP contribution in [0.25, 0.3) is 0 Å². The molecular formula is C9H9ClN4OS. The average molecular weight is 257 g/mol. The molecule has 2 aromatic rings. The Bertz CT molecular complexity index is 533. The van der Waals surface area contributed by atoms with E-state index in [1.807, 2.05) is 6.07 Å². The number of hydrogen-bond donors (Lipinski definition) is 1. The van der Waals surface area contributed by atoms with Gasteiger partial charge < -0.3 is 0 Å². The summed E-state index contributed by atoms with van der Waals surface area (Å²) in [5.41, 5.74) is 0.821. The van der Waals surface area contributed by atoms with Crippen LogP contribution in [0.2, 0.25) is 5.15 Å². The largest absolute Gasteiger partial charge is 0.343 e. The lowest BCUT2D eigenvalue weighted by Crippen LogP contribution is -2.12. The third kappa shape index (κ3) is 2.45. The molecule has 1 N–H and O–H groups in total. The standard InChI is InChI=1S/C9H9ClN4OS/c1-14-8(15)12-13-9(14)16-5-6-2-3-7(10)11-4-6/h2-4H,5H2,1H3,(H,12,15). The Labute approximate surface area is 101 Å². The number of hydrogen-bond acceptors (Lipinski definition) is 4. The van der Waals surface area contributed by atoms with Crippen molar-refractivity contribution in [2.45, 2.75) is 10.9 Å². The highest BCUT2D eigenvalue weighted by Crippen LogP contribution is 2.18. The molecule has 0 bridgehead atoms. The minimum atomic E-state index is -0.211. The van der Waals surface area contributed by atoms with E-state index < -0.39 is 0 Å². The van der Waals surface area contributed by atoms with Crippen molar-refractivity contribution in [1.29, 1.82) is 0 Å². The highest BCUT2D eigenvalue weighted by atomic mass is 35.5. The van der Waals surface area contributed by atoms with Crippen LogP contribution in [0.3, 0.4) is 0 Å². The SMILES string of the molecule is Cn1c(SCc2ccc(Cl)nc2)n[nH]c1=O. The molecule has 0 saturated heterocycles. The third-order valence-electron chi connectivity index (χ3n) is 2.00. The van der Waals surface area contributed by atoms with Crippen molar-refractivity contribution in [1.82, 2.24) is 19.7 Å². The van der Waals surface area contributed by atoms with Crippen molar-refractivity contribution in [3.8, 4) is 0 Å². The Morgan fingerprint density at radius 1 is 1.56 bits per heavy atom. The summed E-state index contributed by atoms with van der Waals surface area (Å²) >= 11 is 7.14. The summed E-state index contributed by atoms with van der Waals surface area (Å²) in [5.74, 6) is 0.697. The first-order chi connectivity index (χ1) is 7.66. The molecule has 0 aliphatic rings. The molecule has 0 aliphatic heterocycles. The third-order valence-corrected chi connectivity index (χ3v) is 3.32. The van der Waals surface area contributed by atoms with E-state index in [0.29, 0.717) is 16.1 Å². The van der Waals surface area contributed by atoms with Gasteiger partial charge in [0.05, 0.1) is 0 Å². The second-order valence-corrected chi connectivity index (χ2v) is 4.48. The van der Waals surface area contributed by atoms with E-state index in [0.717, 1.165) is 5.56 Å². The number of aromatic nitrogens is 4. The number of halogens is 1. The van der Waals surface area contributed by atoms with Gasteiger partial charge in [-0.15, -0.1) is 5.10 Å². The van der Waals surface area contributed by atoms with Gasteiger partial charge in [0.1, 0.15) is 5.15 Å². The molecule has 0 aromatic carbocycles. The molecule has 0 fully saturated rings. The molecule has 0 aliphatic carbocycles. The number of aromatic amines is 1. The molecule has 84 valence electrons. The smallest absolute Gasteiger partial charge is 0.273 e. The van der Waals surface area contributed by atoms with Crippen molar-refractivity contribution in [3.05, 3.63) is 39.5 Å². The van der Waals surface area contributed by atoms with Crippen LogP contribution in [0.5, 0.6) is 0 Å². The Hall–Kier alpha value is -1.27.